The number of imidazole rings is 1. The lowest BCUT2D eigenvalue weighted by atomic mass is 9.74. The summed E-state index contributed by atoms with van der Waals surface area (Å²) in [6.07, 6.45) is 3.57. The number of aromatic nitrogens is 3. The first-order valence-electron chi connectivity index (χ1n) is 12.8. The summed E-state index contributed by atoms with van der Waals surface area (Å²) in [5, 5.41) is 6.04. The van der Waals surface area contributed by atoms with Crippen LogP contribution in [0.2, 0.25) is 0 Å². The van der Waals surface area contributed by atoms with Crippen molar-refractivity contribution >= 4 is 34.3 Å². The molecule has 2 aromatic carbocycles. The number of pyridine rings is 1. The van der Waals surface area contributed by atoms with E-state index in [9.17, 15) is 4.79 Å². The van der Waals surface area contributed by atoms with Crippen molar-refractivity contribution in [3.05, 3.63) is 94.1 Å². The Labute approximate surface area is 230 Å². The van der Waals surface area contributed by atoms with Crippen LogP contribution in [0.4, 0.5) is 11.4 Å². The Morgan fingerprint density at radius 1 is 1.08 bits per heavy atom. The molecular formula is C30H29N5O3S. The van der Waals surface area contributed by atoms with E-state index in [0.29, 0.717) is 30.2 Å². The molecule has 1 aliphatic heterocycles. The number of nitrogens with one attached hydrogen (secondary N) is 1. The van der Waals surface area contributed by atoms with Gasteiger partial charge in [0, 0.05) is 24.2 Å². The highest BCUT2D eigenvalue weighted by atomic mass is 32.1. The van der Waals surface area contributed by atoms with E-state index in [-0.39, 0.29) is 11.3 Å². The summed E-state index contributed by atoms with van der Waals surface area (Å²) in [4.78, 5) is 22.8. The van der Waals surface area contributed by atoms with Gasteiger partial charge in [-0.25, -0.2) is 9.97 Å². The minimum absolute atomic E-state index is 0.199. The molecule has 9 heteroatoms. The van der Waals surface area contributed by atoms with Crippen molar-refractivity contribution in [1.29, 1.82) is 0 Å². The highest BCUT2D eigenvalue weighted by Gasteiger charge is 2.39. The van der Waals surface area contributed by atoms with Gasteiger partial charge in [-0.2, -0.15) is 0 Å². The Hall–Kier alpha value is -4.21. The van der Waals surface area contributed by atoms with Crippen LogP contribution in [-0.4, -0.2) is 40.6 Å². The van der Waals surface area contributed by atoms with E-state index >= 15 is 0 Å². The molecule has 0 atom stereocenters. The molecule has 1 aliphatic rings. The van der Waals surface area contributed by atoms with Crippen molar-refractivity contribution in [2.45, 2.75) is 25.2 Å². The number of benzene rings is 2. The second-order valence-corrected chi connectivity index (χ2v) is 10.6. The molecule has 0 spiro atoms. The average Bonchev–Trinajstić information content (AvgIpc) is 3.58. The number of nitrogens with two attached hydrogens (primary N) is 1. The van der Waals surface area contributed by atoms with Gasteiger partial charge in [-0.3, -0.25) is 9.20 Å². The zero-order chi connectivity index (χ0) is 27.0. The van der Waals surface area contributed by atoms with Crippen LogP contribution in [0.5, 0.6) is 5.75 Å². The zero-order valence-electron chi connectivity index (χ0n) is 21.8. The van der Waals surface area contributed by atoms with Crippen molar-refractivity contribution < 1.29 is 14.3 Å². The monoisotopic (exact) mass is 539 g/mol. The Morgan fingerprint density at radius 2 is 1.85 bits per heavy atom. The molecule has 5 aromatic rings. The Balaban J connectivity index is 1.34. The molecule has 3 N–H and O–H groups in total. The number of fused-ring (bicyclic) bond motifs is 1. The van der Waals surface area contributed by atoms with Crippen LogP contribution in [0.3, 0.4) is 0 Å². The molecule has 39 heavy (non-hydrogen) atoms. The van der Waals surface area contributed by atoms with Crippen LogP contribution in [0.1, 0.15) is 39.5 Å². The quantitative estimate of drug-likeness (QED) is 0.268. The highest BCUT2D eigenvalue weighted by molar-refractivity contribution is 7.10. The van der Waals surface area contributed by atoms with Crippen LogP contribution in [-0.2, 0) is 10.2 Å². The summed E-state index contributed by atoms with van der Waals surface area (Å²) in [7, 11) is 1.66. The SMILES string of the molecule is COc1ccc2nc(C)c(-c3csc(C4(c5ccc(C(=O)Nc6ccccc6N)cc5)CCOCC4)n3)n2c1. The number of amides is 1. The maximum Gasteiger partial charge on any atom is 0.255 e. The summed E-state index contributed by atoms with van der Waals surface area (Å²) in [6, 6.07) is 18.9. The number of rotatable bonds is 6. The fourth-order valence-electron chi connectivity index (χ4n) is 5.27. The van der Waals surface area contributed by atoms with Crippen molar-refractivity contribution in [3.63, 3.8) is 0 Å². The Morgan fingerprint density at radius 3 is 2.59 bits per heavy atom. The third-order valence-electron chi connectivity index (χ3n) is 7.41. The fraction of sp³-hybridized carbons (Fsp3) is 0.233. The first-order chi connectivity index (χ1) is 19.0. The van der Waals surface area contributed by atoms with E-state index in [0.717, 1.165) is 51.9 Å². The smallest absolute Gasteiger partial charge is 0.255 e. The lowest BCUT2D eigenvalue weighted by molar-refractivity contribution is 0.0630. The molecule has 0 radical (unpaired) electrons. The maximum absolute atomic E-state index is 12.9. The molecule has 6 rings (SSSR count). The normalized spacial score (nSPS) is 14.8. The van der Waals surface area contributed by atoms with E-state index in [1.165, 1.54) is 0 Å². The van der Waals surface area contributed by atoms with Gasteiger partial charge in [0.1, 0.15) is 22.1 Å². The number of methoxy groups -OCH3 is 1. The molecule has 0 unspecified atom stereocenters. The number of para-hydroxylation sites is 2. The Kier molecular flexibility index (Phi) is 6.54. The number of thiazole rings is 1. The number of hydrogen-bond acceptors (Lipinski definition) is 7. The molecule has 1 fully saturated rings. The molecule has 4 heterocycles. The van der Waals surface area contributed by atoms with Gasteiger partial charge in [0.2, 0.25) is 0 Å². The van der Waals surface area contributed by atoms with E-state index in [1.807, 2.05) is 66.1 Å². The topological polar surface area (TPSA) is 104 Å². The number of aryl methyl sites for hydroxylation is 1. The lowest BCUT2D eigenvalue weighted by Gasteiger charge is -2.36. The number of carbonyl (C=O) groups excluding carboxylic acids is 1. The maximum atomic E-state index is 12.9. The highest BCUT2D eigenvalue weighted by Crippen LogP contribution is 2.44. The molecule has 0 bridgehead atoms. The molecule has 1 amide bonds. The summed E-state index contributed by atoms with van der Waals surface area (Å²) >= 11 is 1.66. The molecular weight excluding hydrogens is 510 g/mol. The lowest BCUT2D eigenvalue weighted by Crippen LogP contribution is -2.35. The molecule has 1 saturated heterocycles. The number of carbonyl (C=O) groups is 1. The van der Waals surface area contributed by atoms with Crippen LogP contribution >= 0.6 is 11.3 Å². The third-order valence-corrected chi connectivity index (χ3v) is 8.46. The van der Waals surface area contributed by atoms with Crippen molar-refractivity contribution in [3.8, 4) is 17.1 Å². The third kappa shape index (κ3) is 4.53. The van der Waals surface area contributed by atoms with Crippen LogP contribution in [0.25, 0.3) is 17.0 Å². The fourth-order valence-corrected chi connectivity index (χ4v) is 6.35. The minimum Gasteiger partial charge on any atom is -0.495 e. The van der Waals surface area contributed by atoms with Gasteiger partial charge >= 0.3 is 0 Å². The number of ether oxygens (including phenoxy) is 2. The summed E-state index contributed by atoms with van der Waals surface area (Å²) in [5.41, 5.74) is 12.1. The van der Waals surface area contributed by atoms with Crippen LogP contribution < -0.4 is 15.8 Å². The van der Waals surface area contributed by atoms with Gasteiger partial charge in [0.05, 0.1) is 41.5 Å². The van der Waals surface area contributed by atoms with Gasteiger partial charge in [0.25, 0.3) is 5.91 Å². The van der Waals surface area contributed by atoms with E-state index in [2.05, 4.69) is 10.7 Å². The number of nitrogens with zero attached hydrogens (tertiary/aromatic N) is 3. The van der Waals surface area contributed by atoms with Gasteiger partial charge in [0.15, 0.2) is 0 Å². The van der Waals surface area contributed by atoms with Gasteiger partial charge in [-0.1, -0.05) is 24.3 Å². The second-order valence-electron chi connectivity index (χ2n) is 9.69. The zero-order valence-corrected chi connectivity index (χ0v) is 22.6. The first kappa shape index (κ1) is 25.1. The molecule has 3 aromatic heterocycles. The first-order valence-corrected chi connectivity index (χ1v) is 13.7. The standard InChI is InChI=1S/C30H29N5O3S/c1-19-27(35-17-22(37-2)11-12-26(35)32-19)25-18-39-29(34-25)30(13-15-38-16-14-30)21-9-7-20(8-10-21)28(36)33-24-6-4-3-5-23(24)31/h3-12,17-18H,13-16,31H2,1-2H3,(H,33,36). The number of nitrogen functional groups attached to an aromatic ring is 1. The summed E-state index contributed by atoms with van der Waals surface area (Å²) < 4.78 is 13.2. The van der Waals surface area contributed by atoms with Crippen LogP contribution in [0.15, 0.2) is 72.2 Å². The molecule has 8 nitrogen and oxygen atoms in total. The summed E-state index contributed by atoms with van der Waals surface area (Å²) in [6.45, 7) is 3.30. The van der Waals surface area contributed by atoms with Gasteiger partial charge in [-0.15, -0.1) is 11.3 Å². The predicted octanol–water partition coefficient (Wildman–Crippen LogP) is 5.71. The van der Waals surface area contributed by atoms with Gasteiger partial charge < -0.3 is 20.5 Å². The van der Waals surface area contributed by atoms with E-state index < -0.39 is 0 Å². The van der Waals surface area contributed by atoms with Crippen molar-refractivity contribution in [2.24, 2.45) is 0 Å². The predicted molar refractivity (Wildman–Crippen MR) is 154 cm³/mol. The minimum atomic E-state index is -0.299. The summed E-state index contributed by atoms with van der Waals surface area (Å²) in [5.74, 6) is 0.562. The number of anilines is 2. The van der Waals surface area contributed by atoms with E-state index in [4.69, 9.17) is 25.2 Å². The van der Waals surface area contributed by atoms with Crippen LogP contribution in [0, 0.1) is 6.92 Å². The van der Waals surface area contributed by atoms with E-state index in [1.54, 1.807) is 30.6 Å². The van der Waals surface area contributed by atoms with Crippen molar-refractivity contribution in [2.75, 3.05) is 31.4 Å². The molecule has 198 valence electrons. The average molecular weight is 540 g/mol. The van der Waals surface area contributed by atoms with Gasteiger partial charge in [-0.05, 0) is 61.7 Å². The second kappa shape index (κ2) is 10.2. The van der Waals surface area contributed by atoms with Crippen molar-refractivity contribution in [1.82, 2.24) is 14.4 Å². The molecule has 0 aliphatic carbocycles. The number of hydrogen-bond donors (Lipinski definition) is 2. The Bertz CT molecular complexity index is 1650. The molecule has 0 saturated carbocycles. The largest absolute Gasteiger partial charge is 0.495 e.